The lowest BCUT2D eigenvalue weighted by Gasteiger charge is -2.05. The number of thioether (sulfide) groups is 1. The first-order valence-corrected chi connectivity index (χ1v) is 8.48. The van der Waals surface area contributed by atoms with Crippen molar-refractivity contribution in [2.75, 3.05) is 0 Å². The van der Waals surface area contributed by atoms with Gasteiger partial charge in [-0.05, 0) is 54.1 Å². The summed E-state index contributed by atoms with van der Waals surface area (Å²) in [4.78, 5) is 23.2. The molecule has 0 saturated carbocycles. The van der Waals surface area contributed by atoms with Crippen molar-refractivity contribution >= 4 is 22.6 Å². The predicted molar refractivity (Wildman–Crippen MR) is 99.9 cm³/mol. The first-order valence-electron chi connectivity index (χ1n) is 7.67. The number of hydrogen-bond donors (Lipinski definition) is 0. The second-order valence-corrected chi connectivity index (χ2v) is 6.63. The smallest absolute Gasteiger partial charge is 0.269 e. The maximum Gasteiger partial charge on any atom is 0.269 e. The fourth-order valence-electron chi connectivity index (χ4n) is 2.35. The first-order chi connectivity index (χ1) is 12.0. The highest BCUT2D eigenvalue weighted by atomic mass is 32.2. The van der Waals surface area contributed by atoms with Crippen LogP contribution in [0, 0.1) is 17.0 Å². The van der Waals surface area contributed by atoms with Gasteiger partial charge in [-0.3, -0.25) is 14.9 Å². The molecule has 124 valence electrons. The number of nitrogens with zero attached hydrogens (tertiary/aromatic N) is 1. The number of rotatable bonds is 4. The lowest BCUT2D eigenvalue weighted by Crippen LogP contribution is -1.93. The van der Waals surface area contributed by atoms with Crippen LogP contribution in [0.25, 0.3) is 11.1 Å². The first kappa shape index (κ1) is 16.9. The molecule has 0 aliphatic carbocycles. The summed E-state index contributed by atoms with van der Waals surface area (Å²) in [5.41, 5.74) is 3.97. The van der Waals surface area contributed by atoms with Crippen molar-refractivity contribution in [3.63, 3.8) is 0 Å². The number of benzene rings is 3. The Morgan fingerprint density at radius 2 is 1.36 bits per heavy atom. The van der Waals surface area contributed by atoms with Gasteiger partial charge in [-0.2, -0.15) is 0 Å². The van der Waals surface area contributed by atoms with Crippen LogP contribution in [0.1, 0.15) is 15.9 Å². The van der Waals surface area contributed by atoms with Crippen LogP contribution >= 0.6 is 11.8 Å². The van der Waals surface area contributed by atoms with Gasteiger partial charge >= 0.3 is 0 Å². The maximum atomic E-state index is 12.4. The zero-order chi connectivity index (χ0) is 17.8. The van der Waals surface area contributed by atoms with Crippen LogP contribution in [0.3, 0.4) is 0 Å². The Labute approximate surface area is 149 Å². The molecule has 0 amide bonds. The van der Waals surface area contributed by atoms with Crippen LogP contribution in [0.4, 0.5) is 5.69 Å². The van der Waals surface area contributed by atoms with Crippen LogP contribution in [-0.4, -0.2) is 10.0 Å². The third kappa shape index (κ3) is 4.14. The van der Waals surface area contributed by atoms with Crippen molar-refractivity contribution < 1.29 is 9.72 Å². The Kier molecular flexibility index (Phi) is 4.95. The van der Waals surface area contributed by atoms with E-state index in [0.29, 0.717) is 10.5 Å². The molecule has 0 aliphatic heterocycles. The molecule has 0 aromatic heterocycles. The maximum absolute atomic E-state index is 12.4. The largest absolute Gasteiger partial charge is 0.281 e. The molecule has 0 N–H and O–H groups in total. The van der Waals surface area contributed by atoms with Gasteiger partial charge < -0.3 is 0 Å². The van der Waals surface area contributed by atoms with E-state index in [1.165, 1.54) is 17.7 Å². The Morgan fingerprint density at radius 1 is 0.840 bits per heavy atom. The van der Waals surface area contributed by atoms with E-state index in [2.05, 4.69) is 24.3 Å². The minimum Gasteiger partial charge on any atom is -0.281 e. The minimum atomic E-state index is -0.458. The molecule has 0 heterocycles. The van der Waals surface area contributed by atoms with Gasteiger partial charge in [-0.25, -0.2) is 0 Å². The van der Waals surface area contributed by atoms with E-state index >= 15 is 0 Å². The van der Waals surface area contributed by atoms with Crippen LogP contribution in [0.2, 0.25) is 0 Å². The predicted octanol–water partition coefficient (Wildman–Crippen LogP) is 5.50. The Hall–Kier alpha value is -2.92. The topological polar surface area (TPSA) is 60.2 Å². The molecule has 0 radical (unpaired) electrons. The van der Waals surface area contributed by atoms with Crippen molar-refractivity contribution in [3.8, 4) is 11.1 Å². The van der Waals surface area contributed by atoms with Gasteiger partial charge in [-0.1, -0.05) is 42.0 Å². The normalized spacial score (nSPS) is 10.4. The average molecular weight is 349 g/mol. The zero-order valence-corrected chi connectivity index (χ0v) is 14.3. The summed E-state index contributed by atoms with van der Waals surface area (Å²) >= 11 is 1.06. The number of nitro groups is 1. The molecule has 0 unspecified atom stereocenters. The molecule has 0 saturated heterocycles. The molecule has 5 heteroatoms. The lowest BCUT2D eigenvalue weighted by atomic mass is 10.0. The number of non-ortho nitro benzene ring substituents is 1. The minimum absolute atomic E-state index is 0.0132. The van der Waals surface area contributed by atoms with Gasteiger partial charge in [0, 0.05) is 22.6 Å². The van der Waals surface area contributed by atoms with E-state index in [1.807, 2.05) is 19.1 Å². The van der Waals surface area contributed by atoms with Crippen LogP contribution in [-0.2, 0) is 0 Å². The van der Waals surface area contributed by atoms with Crippen LogP contribution in [0.15, 0.2) is 77.7 Å². The summed E-state index contributed by atoms with van der Waals surface area (Å²) in [7, 11) is 0. The Bertz CT molecular complexity index is 901. The fourth-order valence-corrected chi connectivity index (χ4v) is 3.09. The number of carbonyl (C=O) groups is 1. The number of aryl methyl sites for hydroxylation is 1. The van der Waals surface area contributed by atoms with Gasteiger partial charge in [0.2, 0.25) is 5.12 Å². The summed E-state index contributed by atoms with van der Waals surface area (Å²) in [5, 5.41) is 10.6. The number of nitro benzene ring substituents is 1. The Balaban J connectivity index is 1.72. The van der Waals surface area contributed by atoms with E-state index in [1.54, 1.807) is 24.3 Å². The van der Waals surface area contributed by atoms with Gasteiger partial charge in [0.05, 0.1) is 4.92 Å². The molecule has 0 spiro atoms. The summed E-state index contributed by atoms with van der Waals surface area (Å²) in [6.07, 6.45) is 0. The summed E-state index contributed by atoms with van der Waals surface area (Å²) in [6.45, 7) is 2.04. The van der Waals surface area contributed by atoms with Crippen LogP contribution < -0.4 is 0 Å². The SMILES string of the molecule is Cc1ccc(-c2ccc(C(=O)Sc3ccc([N+](=O)[O-])cc3)cc2)cc1. The van der Waals surface area contributed by atoms with Crippen molar-refractivity contribution in [1.82, 2.24) is 0 Å². The summed E-state index contributed by atoms with van der Waals surface area (Å²) < 4.78 is 0. The third-order valence-electron chi connectivity index (χ3n) is 3.76. The van der Waals surface area contributed by atoms with Crippen molar-refractivity contribution in [2.24, 2.45) is 0 Å². The average Bonchev–Trinajstić information content (AvgIpc) is 2.63. The molecule has 4 nitrogen and oxygen atoms in total. The van der Waals surface area contributed by atoms with Crippen molar-refractivity contribution in [2.45, 2.75) is 11.8 Å². The highest BCUT2D eigenvalue weighted by molar-refractivity contribution is 8.14. The molecular formula is C20H15NO3S. The van der Waals surface area contributed by atoms with E-state index in [4.69, 9.17) is 0 Å². The van der Waals surface area contributed by atoms with Gasteiger partial charge in [-0.15, -0.1) is 0 Å². The van der Waals surface area contributed by atoms with Crippen molar-refractivity contribution in [1.29, 1.82) is 0 Å². The standard InChI is InChI=1S/C20H15NO3S/c1-14-2-4-15(5-3-14)16-6-8-17(9-7-16)20(22)25-19-12-10-18(11-13-19)21(23)24/h2-13H,1H3. The quantitative estimate of drug-likeness (QED) is 0.354. The second-order valence-electron chi connectivity index (χ2n) is 5.58. The number of carbonyl (C=O) groups excluding carboxylic acids is 1. The molecule has 3 aromatic carbocycles. The lowest BCUT2D eigenvalue weighted by molar-refractivity contribution is -0.384. The Morgan fingerprint density at radius 3 is 1.88 bits per heavy atom. The molecule has 3 rings (SSSR count). The second kappa shape index (κ2) is 7.32. The van der Waals surface area contributed by atoms with E-state index in [9.17, 15) is 14.9 Å². The highest BCUT2D eigenvalue weighted by Gasteiger charge is 2.10. The van der Waals surface area contributed by atoms with E-state index in [0.717, 1.165) is 22.9 Å². The molecule has 0 fully saturated rings. The highest BCUT2D eigenvalue weighted by Crippen LogP contribution is 2.26. The zero-order valence-electron chi connectivity index (χ0n) is 13.5. The molecule has 0 aliphatic rings. The van der Waals surface area contributed by atoms with Crippen LogP contribution in [0.5, 0.6) is 0 Å². The van der Waals surface area contributed by atoms with Gasteiger partial charge in [0.15, 0.2) is 0 Å². The monoisotopic (exact) mass is 349 g/mol. The summed E-state index contributed by atoms with van der Waals surface area (Å²) in [6, 6.07) is 21.6. The van der Waals surface area contributed by atoms with Crippen molar-refractivity contribution in [3.05, 3.63) is 94.0 Å². The molecule has 0 atom stereocenters. The van der Waals surface area contributed by atoms with Gasteiger partial charge in [0.1, 0.15) is 0 Å². The van der Waals surface area contributed by atoms with E-state index < -0.39 is 4.92 Å². The van der Waals surface area contributed by atoms with Gasteiger partial charge in [0.25, 0.3) is 5.69 Å². The fraction of sp³-hybridized carbons (Fsp3) is 0.0500. The summed E-state index contributed by atoms with van der Waals surface area (Å²) in [5.74, 6) is 0. The molecule has 25 heavy (non-hydrogen) atoms. The molecule has 3 aromatic rings. The van der Waals surface area contributed by atoms with E-state index in [-0.39, 0.29) is 10.8 Å². The number of hydrogen-bond acceptors (Lipinski definition) is 4. The molecule has 0 bridgehead atoms. The molecular weight excluding hydrogens is 334 g/mol. The third-order valence-corrected chi connectivity index (χ3v) is 4.69.